The Balaban J connectivity index is 1.54. The number of hydrogen-bond acceptors (Lipinski definition) is 4. The van der Waals surface area contributed by atoms with E-state index in [2.05, 4.69) is 71.3 Å². The van der Waals surface area contributed by atoms with Gasteiger partial charge in [-0.25, -0.2) is 14.2 Å². The Morgan fingerprint density at radius 1 is 1.38 bits per heavy atom. The van der Waals surface area contributed by atoms with Crippen LogP contribution in [0.25, 0.3) is 22.0 Å². The first-order valence-corrected chi connectivity index (χ1v) is 11.1. The summed E-state index contributed by atoms with van der Waals surface area (Å²) >= 11 is 1.64. The van der Waals surface area contributed by atoms with E-state index in [-0.39, 0.29) is 0 Å². The first-order valence-electron chi connectivity index (χ1n) is 10.2. The molecular weight excluding hydrogens is 378 g/mol. The van der Waals surface area contributed by atoms with Crippen LogP contribution in [0.15, 0.2) is 48.6 Å². The topological polar surface area (TPSA) is 45.8 Å². The monoisotopic (exact) mass is 406 g/mol. The van der Waals surface area contributed by atoms with Gasteiger partial charge in [0.25, 0.3) is 0 Å². The molecule has 4 rings (SSSR count). The van der Waals surface area contributed by atoms with Gasteiger partial charge >= 0.3 is 0 Å². The molecule has 0 unspecified atom stereocenters. The third-order valence-electron chi connectivity index (χ3n) is 5.23. The van der Waals surface area contributed by atoms with E-state index in [1.54, 1.807) is 11.3 Å². The summed E-state index contributed by atoms with van der Waals surface area (Å²) in [6, 6.07) is 8.36. The molecule has 0 aliphatic carbocycles. The summed E-state index contributed by atoms with van der Waals surface area (Å²) in [7, 11) is 0. The molecule has 6 heteroatoms. The zero-order valence-electron chi connectivity index (χ0n) is 17.1. The molecule has 1 aliphatic heterocycles. The van der Waals surface area contributed by atoms with Gasteiger partial charge in [-0.3, -0.25) is 0 Å². The van der Waals surface area contributed by atoms with Crippen molar-refractivity contribution < 1.29 is 4.58 Å². The molecule has 150 valence electrons. The molecule has 0 spiro atoms. The zero-order chi connectivity index (χ0) is 20.2. The van der Waals surface area contributed by atoms with Crippen LogP contribution in [0, 0.1) is 12.8 Å². The summed E-state index contributed by atoms with van der Waals surface area (Å²) in [6.45, 7) is 11.8. The van der Waals surface area contributed by atoms with E-state index < -0.39 is 0 Å². The minimum atomic E-state index is 0.573. The minimum Gasteiger partial charge on any atom is -0.316 e. The third-order valence-corrected chi connectivity index (χ3v) is 6.12. The van der Waals surface area contributed by atoms with E-state index in [9.17, 15) is 0 Å². The summed E-state index contributed by atoms with van der Waals surface area (Å²) in [6.07, 6.45) is 8.52. The van der Waals surface area contributed by atoms with Crippen LogP contribution >= 0.6 is 11.3 Å². The molecule has 1 saturated heterocycles. The van der Waals surface area contributed by atoms with Gasteiger partial charge in [-0.05, 0) is 38.6 Å². The van der Waals surface area contributed by atoms with Gasteiger partial charge in [-0.15, -0.1) is 11.3 Å². The van der Waals surface area contributed by atoms with Gasteiger partial charge in [0.05, 0.1) is 17.8 Å². The Kier molecular flexibility index (Phi) is 6.02. The van der Waals surface area contributed by atoms with Gasteiger partial charge in [0.2, 0.25) is 5.70 Å². The van der Waals surface area contributed by atoms with E-state index in [0.29, 0.717) is 5.92 Å². The fourth-order valence-corrected chi connectivity index (χ4v) is 4.36. The Morgan fingerprint density at radius 2 is 2.21 bits per heavy atom. The van der Waals surface area contributed by atoms with Crippen LogP contribution in [0.1, 0.15) is 31.0 Å². The molecule has 1 fully saturated rings. The second-order valence-corrected chi connectivity index (χ2v) is 8.45. The second-order valence-electron chi connectivity index (χ2n) is 7.59. The van der Waals surface area contributed by atoms with E-state index in [0.717, 1.165) is 53.7 Å². The molecule has 0 saturated carbocycles. The van der Waals surface area contributed by atoms with Crippen molar-refractivity contribution >= 4 is 23.2 Å². The largest absolute Gasteiger partial charge is 0.316 e. The van der Waals surface area contributed by atoms with Crippen molar-refractivity contribution in [1.82, 2.24) is 20.1 Å². The number of benzene rings is 1. The van der Waals surface area contributed by atoms with Crippen LogP contribution in [0.2, 0.25) is 0 Å². The van der Waals surface area contributed by atoms with Crippen LogP contribution in [-0.4, -0.2) is 45.2 Å². The summed E-state index contributed by atoms with van der Waals surface area (Å²) in [4.78, 5) is 4.87. The zero-order valence-corrected chi connectivity index (χ0v) is 18.0. The first kappa shape index (κ1) is 19.7. The number of aryl methyl sites for hydroxylation is 1. The van der Waals surface area contributed by atoms with Gasteiger partial charge in [0.15, 0.2) is 0 Å². The highest BCUT2D eigenvalue weighted by Crippen LogP contribution is 2.27. The summed E-state index contributed by atoms with van der Waals surface area (Å²) in [5, 5.41) is 11.0. The van der Waals surface area contributed by atoms with Crippen molar-refractivity contribution in [3.8, 4) is 16.3 Å². The highest BCUT2D eigenvalue weighted by molar-refractivity contribution is 7.13. The van der Waals surface area contributed by atoms with Crippen LogP contribution in [-0.2, 0) is 0 Å². The van der Waals surface area contributed by atoms with Crippen LogP contribution in [0.3, 0.4) is 0 Å². The van der Waals surface area contributed by atoms with Crippen molar-refractivity contribution in [2.45, 2.75) is 26.7 Å². The second kappa shape index (κ2) is 8.84. The molecule has 1 atom stereocenters. The fraction of sp³-hybridized carbons (Fsp3) is 0.348. The van der Waals surface area contributed by atoms with Crippen LogP contribution in [0.4, 0.5) is 0 Å². The molecule has 5 nitrogen and oxygen atoms in total. The lowest BCUT2D eigenvalue weighted by Gasteiger charge is -2.05. The highest BCUT2D eigenvalue weighted by atomic mass is 32.1. The lowest BCUT2D eigenvalue weighted by Crippen LogP contribution is -2.19. The normalized spacial score (nSPS) is 17.0. The first-order chi connectivity index (χ1) is 14.1. The number of nitrogens with one attached hydrogen (secondary N) is 1. The smallest absolute Gasteiger partial charge is 0.224 e. The molecule has 0 amide bonds. The lowest BCUT2D eigenvalue weighted by molar-refractivity contribution is -0.429. The molecule has 0 radical (unpaired) electrons. The molecule has 3 heterocycles. The molecule has 0 bridgehead atoms. The van der Waals surface area contributed by atoms with E-state index in [1.807, 2.05) is 17.1 Å². The highest BCUT2D eigenvalue weighted by Gasteiger charge is 2.21. The maximum Gasteiger partial charge on any atom is 0.224 e. The third kappa shape index (κ3) is 4.54. The Morgan fingerprint density at radius 3 is 2.93 bits per heavy atom. The van der Waals surface area contributed by atoms with Crippen molar-refractivity contribution in [1.29, 1.82) is 0 Å². The van der Waals surface area contributed by atoms with Crippen LogP contribution < -0.4 is 5.32 Å². The van der Waals surface area contributed by atoms with Gasteiger partial charge in [0.1, 0.15) is 23.5 Å². The number of hydrogen-bond donors (Lipinski definition) is 1. The Hall–Kier alpha value is -2.57. The maximum atomic E-state index is 4.87. The van der Waals surface area contributed by atoms with Crippen molar-refractivity contribution in [3.63, 3.8) is 0 Å². The molecule has 1 aromatic carbocycles. The average Bonchev–Trinajstić information content (AvgIpc) is 3.48. The van der Waals surface area contributed by atoms with E-state index in [1.165, 1.54) is 12.0 Å². The predicted octanol–water partition coefficient (Wildman–Crippen LogP) is 4.38. The standard InChI is InChI=1S/C23H28N5S/c1-4-11-27(14-19-9-10-24-12-19)18(3)22-16-29-23(26-22)20-13-25-28(15-20)21-7-5-17(2)6-8-21/h5-8,13-16,19,24H,3-4,9-12H2,1-2H3/q+1/t19-/m0/s1. The fourth-order valence-electron chi connectivity index (χ4n) is 3.56. The van der Waals surface area contributed by atoms with Crippen molar-refractivity contribution in [2.75, 3.05) is 19.6 Å². The van der Waals surface area contributed by atoms with Crippen molar-refractivity contribution in [3.05, 3.63) is 59.9 Å². The minimum absolute atomic E-state index is 0.573. The van der Waals surface area contributed by atoms with Gasteiger partial charge in [-0.1, -0.05) is 24.6 Å². The molecular formula is C23H28N5S+. The van der Waals surface area contributed by atoms with Gasteiger partial charge in [0, 0.05) is 30.1 Å². The average molecular weight is 407 g/mol. The summed E-state index contributed by atoms with van der Waals surface area (Å²) < 4.78 is 4.18. The Bertz CT molecular complexity index is 1010. The predicted molar refractivity (Wildman–Crippen MR) is 121 cm³/mol. The molecule has 3 aromatic rings. The molecule has 2 aromatic heterocycles. The lowest BCUT2D eigenvalue weighted by atomic mass is 10.1. The Labute approximate surface area is 176 Å². The molecule has 1 aliphatic rings. The number of nitrogens with zero attached hydrogens (tertiary/aromatic N) is 4. The molecule has 1 N–H and O–H groups in total. The van der Waals surface area contributed by atoms with E-state index >= 15 is 0 Å². The van der Waals surface area contributed by atoms with E-state index in [4.69, 9.17) is 4.98 Å². The summed E-state index contributed by atoms with van der Waals surface area (Å²) in [5.74, 6) is 0.573. The maximum absolute atomic E-state index is 4.87. The molecule has 29 heavy (non-hydrogen) atoms. The number of rotatable bonds is 7. The van der Waals surface area contributed by atoms with Gasteiger partial charge < -0.3 is 5.32 Å². The quantitative estimate of drug-likeness (QED) is 0.468. The number of aromatic nitrogens is 3. The van der Waals surface area contributed by atoms with Crippen LogP contribution in [0.5, 0.6) is 0 Å². The summed E-state index contributed by atoms with van der Waals surface area (Å²) in [5.41, 5.74) is 5.25. The van der Waals surface area contributed by atoms with Gasteiger partial charge in [-0.2, -0.15) is 5.10 Å². The number of thiazole rings is 1. The SMILES string of the molecule is C=C(c1csc(-c2cnn(-c3ccc(C)cc3)c2)n1)[N+](=C[C@H]1CCNC1)CCC. The van der Waals surface area contributed by atoms with Crippen molar-refractivity contribution in [2.24, 2.45) is 5.92 Å².